The number of nitrogens with one attached hydrogen (secondary N) is 1. The fourth-order valence-corrected chi connectivity index (χ4v) is 4.53. The van der Waals surface area contributed by atoms with Gasteiger partial charge < -0.3 is 19.9 Å². The molecule has 1 N–H and O–H groups in total. The van der Waals surface area contributed by atoms with Gasteiger partial charge in [0.15, 0.2) is 5.13 Å². The van der Waals surface area contributed by atoms with Crippen molar-refractivity contribution in [1.29, 1.82) is 0 Å². The van der Waals surface area contributed by atoms with Crippen LogP contribution >= 0.6 is 11.3 Å². The smallest absolute Gasteiger partial charge is 0.229 e. The average molecular weight is 429 g/mol. The summed E-state index contributed by atoms with van der Waals surface area (Å²) in [4.78, 5) is 45.4. The molecule has 30 heavy (non-hydrogen) atoms. The third-order valence-electron chi connectivity index (χ3n) is 5.70. The number of amides is 3. The van der Waals surface area contributed by atoms with Crippen LogP contribution in [0.3, 0.4) is 0 Å². The van der Waals surface area contributed by atoms with Crippen molar-refractivity contribution in [2.75, 3.05) is 37.0 Å². The number of hydrogen-bond acceptors (Lipinski definition) is 6. The predicted octanol–water partition coefficient (Wildman–Crippen LogP) is 2.38. The highest BCUT2D eigenvalue weighted by Gasteiger charge is 2.38. The van der Waals surface area contributed by atoms with Gasteiger partial charge in [-0.25, -0.2) is 4.98 Å². The van der Waals surface area contributed by atoms with E-state index in [0.717, 1.165) is 11.4 Å². The molecule has 1 aromatic carbocycles. The Labute approximate surface area is 178 Å². The van der Waals surface area contributed by atoms with E-state index in [2.05, 4.69) is 10.3 Å². The van der Waals surface area contributed by atoms with Crippen molar-refractivity contribution >= 4 is 39.9 Å². The average Bonchev–Trinajstić information content (AvgIpc) is 3.43. The Hall–Kier alpha value is -2.94. The molecule has 2 aromatic rings. The lowest BCUT2D eigenvalue weighted by Crippen LogP contribution is -2.44. The van der Waals surface area contributed by atoms with E-state index in [4.69, 9.17) is 4.74 Å². The first-order valence-electron chi connectivity index (χ1n) is 9.98. The molecule has 0 saturated carbocycles. The number of piperidine rings is 1. The number of methoxy groups -OCH3 is 1. The van der Waals surface area contributed by atoms with E-state index in [1.165, 1.54) is 11.3 Å². The molecule has 0 bridgehead atoms. The summed E-state index contributed by atoms with van der Waals surface area (Å²) in [5.41, 5.74) is 0.772. The van der Waals surface area contributed by atoms with Gasteiger partial charge in [0.05, 0.1) is 13.0 Å². The number of carbonyl (C=O) groups is 3. The van der Waals surface area contributed by atoms with E-state index in [9.17, 15) is 14.4 Å². The maximum absolute atomic E-state index is 13.0. The fourth-order valence-electron chi connectivity index (χ4n) is 4.00. The van der Waals surface area contributed by atoms with Crippen molar-refractivity contribution in [3.8, 4) is 5.75 Å². The Morgan fingerprint density at radius 2 is 1.90 bits per heavy atom. The molecule has 0 aliphatic carbocycles. The first-order valence-corrected chi connectivity index (χ1v) is 10.9. The second-order valence-corrected chi connectivity index (χ2v) is 8.42. The maximum Gasteiger partial charge on any atom is 0.229 e. The predicted molar refractivity (Wildman–Crippen MR) is 114 cm³/mol. The summed E-state index contributed by atoms with van der Waals surface area (Å²) >= 11 is 1.39. The summed E-state index contributed by atoms with van der Waals surface area (Å²) in [7, 11) is 1.59. The molecular formula is C21H24N4O4S. The summed E-state index contributed by atoms with van der Waals surface area (Å²) in [6, 6.07) is 7.27. The van der Waals surface area contributed by atoms with Crippen molar-refractivity contribution in [3.63, 3.8) is 0 Å². The minimum atomic E-state index is -0.347. The second kappa shape index (κ2) is 8.83. The summed E-state index contributed by atoms with van der Waals surface area (Å²) in [6.45, 7) is 1.44. The van der Waals surface area contributed by atoms with Crippen LogP contribution in [0, 0.1) is 11.8 Å². The number of nitrogens with zero attached hydrogens (tertiary/aromatic N) is 3. The first kappa shape index (κ1) is 20.3. The molecule has 1 aromatic heterocycles. The maximum atomic E-state index is 13.0. The Kier molecular flexibility index (Phi) is 5.98. The molecule has 0 radical (unpaired) electrons. The lowest BCUT2D eigenvalue weighted by molar-refractivity contribution is -0.138. The van der Waals surface area contributed by atoms with Crippen LogP contribution in [0.2, 0.25) is 0 Å². The molecule has 2 saturated heterocycles. The van der Waals surface area contributed by atoms with Crippen LogP contribution in [-0.4, -0.2) is 54.3 Å². The highest BCUT2D eigenvalue weighted by molar-refractivity contribution is 7.13. The van der Waals surface area contributed by atoms with Gasteiger partial charge in [-0.15, -0.1) is 11.3 Å². The van der Waals surface area contributed by atoms with Gasteiger partial charge in [0.25, 0.3) is 0 Å². The van der Waals surface area contributed by atoms with Crippen LogP contribution in [0.15, 0.2) is 35.8 Å². The molecule has 0 spiro atoms. The topological polar surface area (TPSA) is 91.8 Å². The second-order valence-electron chi connectivity index (χ2n) is 7.53. The van der Waals surface area contributed by atoms with Crippen LogP contribution in [0.5, 0.6) is 5.75 Å². The van der Waals surface area contributed by atoms with Crippen LogP contribution in [0.4, 0.5) is 10.8 Å². The van der Waals surface area contributed by atoms with E-state index >= 15 is 0 Å². The van der Waals surface area contributed by atoms with E-state index in [0.29, 0.717) is 37.6 Å². The molecule has 2 aliphatic heterocycles. The van der Waals surface area contributed by atoms with Crippen LogP contribution in [0.1, 0.15) is 19.3 Å². The highest BCUT2D eigenvalue weighted by atomic mass is 32.1. The van der Waals surface area contributed by atoms with E-state index < -0.39 is 0 Å². The lowest BCUT2D eigenvalue weighted by atomic mass is 9.94. The molecule has 1 unspecified atom stereocenters. The Morgan fingerprint density at radius 1 is 1.17 bits per heavy atom. The quantitative estimate of drug-likeness (QED) is 0.790. The Balaban J connectivity index is 1.31. The first-order chi connectivity index (χ1) is 14.5. The van der Waals surface area contributed by atoms with Crippen molar-refractivity contribution in [2.45, 2.75) is 19.3 Å². The summed E-state index contributed by atoms with van der Waals surface area (Å²) in [5.74, 6) is 0.159. The SMILES string of the molecule is COc1ccc(N2CC(C(=O)N3CCC(C(=O)Nc4nccs4)CC3)CC2=O)cc1. The Morgan fingerprint density at radius 3 is 2.53 bits per heavy atom. The largest absolute Gasteiger partial charge is 0.497 e. The molecule has 2 fully saturated rings. The van der Waals surface area contributed by atoms with Crippen molar-refractivity contribution in [1.82, 2.24) is 9.88 Å². The zero-order valence-corrected chi connectivity index (χ0v) is 17.6. The molecule has 3 amide bonds. The molecule has 4 rings (SSSR count). The van der Waals surface area contributed by atoms with Crippen LogP contribution in [0.25, 0.3) is 0 Å². The third-order valence-corrected chi connectivity index (χ3v) is 6.39. The number of ether oxygens (including phenoxy) is 1. The number of likely N-dealkylation sites (tertiary alicyclic amines) is 1. The molecular weight excluding hydrogens is 404 g/mol. The van der Waals surface area contributed by atoms with Crippen molar-refractivity contribution < 1.29 is 19.1 Å². The number of rotatable bonds is 5. The van der Waals surface area contributed by atoms with Crippen molar-refractivity contribution in [2.24, 2.45) is 11.8 Å². The third kappa shape index (κ3) is 4.30. The fraction of sp³-hybridized carbons (Fsp3) is 0.429. The number of hydrogen-bond donors (Lipinski definition) is 1. The number of aromatic nitrogens is 1. The van der Waals surface area contributed by atoms with Gasteiger partial charge in [0.1, 0.15) is 5.75 Å². The van der Waals surface area contributed by atoms with E-state index in [1.807, 2.05) is 17.5 Å². The van der Waals surface area contributed by atoms with E-state index in [1.54, 1.807) is 35.2 Å². The summed E-state index contributed by atoms with van der Waals surface area (Å²) in [5, 5.41) is 5.25. The van der Waals surface area contributed by atoms with Crippen LogP contribution in [-0.2, 0) is 14.4 Å². The monoisotopic (exact) mass is 428 g/mol. The van der Waals surface area contributed by atoms with E-state index in [-0.39, 0.29) is 36.0 Å². The molecule has 8 nitrogen and oxygen atoms in total. The molecule has 158 valence electrons. The number of benzene rings is 1. The van der Waals surface area contributed by atoms with Gasteiger partial charge in [-0.1, -0.05) is 0 Å². The number of anilines is 2. The Bertz CT molecular complexity index is 908. The van der Waals surface area contributed by atoms with Gasteiger partial charge in [0, 0.05) is 49.2 Å². The number of carbonyl (C=O) groups excluding carboxylic acids is 3. The van der Waals surface area contributed by atoms with Crippen molar-refractivity contribution in [3.05, 3.63) is 35.8 Å². The number of thiazole rings is 1. The van der Waals surface area contributed by atoms with Gasteiger partial charge in [-0.2, -0.15) is 0 Å². The molecule has 2 aliphatic rings. The van der Waals surface area contributed by atoms with Gasteiger partial charge in [0.2, 0.25) is 17.7 Å². The minimum Gasteiger partial charge on any atom is -0.497 e. The summed E-state index contributed by atoms with van der Waals surface area (Å²) < 4.78 is 5.16. The van der Waals surface area contributed by atoms with Gasteiger partial charge in [-0.05, 0) is 37.1 Å². The molecule has 3 heterocycles. The zero-order chi connectivity index (χ0) is 21.1. The van der Waals surface area contributed by atoms with Crippen LogP contribution < -0.4 is 15.0 Å². The summed E-state index contributed by atoms with van der Waals surface area (Å²) in [6.07, 6.45) is 3.10. The zero-order valence-electron chi connectivity index (χ0n) is 16.7. The lowest BCUT2D eigenvalue weighted by Gasteiger charge is -2.32. The molecule has 1 atom stereocenters. The normalized spacial score (nSPS) is 19.8. The standard InChI is InChI=1S/C21H24N4O4S/c1-29-17-4-2-16(3-5-17)25-13-15(12-18(25)26)20(28)24-9-6-14(7-10-24)19(27)23-21-22-8-11-30-21/h2-5,8,11,14-15H,6-7,9-10,12-13H2,1H3,(H,22,23,27). The highest BCUT2D eigenvalue weighted by Crippen LogP contribution is 2.29. The minimum absolute atomic E-state index is 0.00172. The van der Waals surface area contributed by atoms with Gasteiger partial charge in [-0.3, -0.25) is 14.4 Å². The van der Waals surface area contributed by atoms with Gasteiger partial charge >= 0.3 is 0 Å². The molecule has 9 heteroatoms.